The molecule has 1 N–H and O–H groups in total. The van der Waals surface area contributed by atoms with E-state index in [4.69, 9.17) is 0 Å². The Morgan fingerprint density at radius 2 is 1.07 bits per heavy atom. The molecule has 0 unspecified atom stereocenters. The van der Waals surface area contributed by atoms with Crippen LogP contribution in [-0.4, -0.2) is 51.8 Å². The van der Waals surface area contributed by atoms with Gasteiger partial charge in [-0.05, 0) is 52.6 Å². The highest BCUT2D eigenvalue weighted by Gasteiger charge is 2.42. The predicted molar refractivity (Wildman–Crippen MR) is 144 cm³/mol. The highest BCUT2D eigenvalue weighted by atomic mass is 19.1. The van der Waals surface area contributed by atoms with Gasteiger partial charge in [-0.2, -0.15) is 0 Å². The molecular formula is C32H23FN2O5. The topological polar surface area (TPSA) is 95.0 Å². The Hall–Kier alpha value is -4.95. The van der Waals surface area contributed by atoms with Crippen LogP contribution < -0.4 is 0 Å². The minimum atomic E-state index is -1.04. The second-order valence-corrected chi connectivity index (χ2v) is 9.67. The van der Waals surface area contributed by atoms with E-state index in [0.29, 0.717) is 22.3 Å². The third kappa shape index (κ3) is 3.92. The highest BCUT2D eigenvalue weighted by molar-refractivity contribution is 6.22. The molecule has 0 saturated heterocycles. The molecule has 0 spiro atoms. The van der Waals surface area contributed by atoms with Crippen molar-refractivity contribution in [2.24, 2.45) is 0 Å². The van der Waals surface area contributed by atoms with Crippen molar-refractivity contribution in [3.8, 4) is 11.1 Å². The fourth-order valence-electron chi connectivity index (χ4n) is 5.46. The van der Waals surface area contributed by atoms with Gasteiger partial charge in [0.15, 0.2) is 0 Å². The summed E-state index contributed by atoms with van der Waals surface area (Å²) in [5.74, 6) is -2.10. The Bertz CT molecular complexity index is 1650. The van der Waals surface area contributed by atoms with Crippen LogP contribution in [0.2, 0.25) is 0 Å². The largest absolute Gasteiger partial charge is 0.394 e. The molecular weight excluding hydrogens is 511 g/mol. The maximum absolute atomic E-state index is 14.1. The van der Waals surface area contributed by atoms with E-state index in [0.717, 1.165) is 9.80 Å². The standard InChI is InChI=1S/C32H23FN2O5/c33-17-27(19-7-2-1-3-8-19)34-31(39)25-14-13-21(16-26(25)32(34)40)20-9-6-10-22(15-20)28(18-36)35-29(37)23-11-4-5-12-24(23)30(35)38/h1-16,27-28,36H,17-18H2/t27-,28-/m1/s1. The second kappa shape index (κ2) is 9.98. The zero-order valence-electron chi connectivity index (χ0n) is 21.2. The van der Waals surface area contributed by atoms with E-state index in [2.05, 4.69) is 0 Å². The van der Waals surface area contributed by atoms with Crippen LogP contribution in [0.5, 0.6) is 0 Å². The van der Waals surface area contributed by atoms with Crippen LogP contribution in [0, 0.1) is 0 Å². The number of aliphatic hydroxyl groups is 1. The lowest BCUT2D eigenvalue weighted by Crippen LogP contribution is -2.36. The number of hydrogen-bond acceptors (Lipinski definition) is 5. The number of halogens is 1. The van der Waals surface area contributed by atoms with Crippen molar-refractivity contribution in [3.63, 3.8) is 0 Å². The van der Waals surface area contributed by atoms with Crippen molar-refractivity contribution in [2.75, 3.05) is 13.3 Å². The molecule has 2 aliphatic rings. The van der Waals surface area contributed by atoms with Crippen molar-refractivity contribution in [1.82, 2.24) is 9.80 Å². The quantitative estimate of drug-likeness (QED) is 0.337. The number of aliphatic hydroxyl groups excluding tert-OH is 1. The van der Waals surface area contributed by atoms with Crippen molar-refractivity contribution in [1.29, 1.82) is 0 Å². The minimum absolute atomic E-state index is 0.168. The maximum Gasteiger partial charge on any atom is 0.262 e. The van der Waals surface area contributed by atoms with Gasteiger partial charge in [-0.15, -0.1) is 0 Å². The Morgan fingerprint density at radius 3 is 1.70 bits per heavy atom. The molecule has 2 heterocycles. The summed E-state index contributed by atoms with van der Waals surface area (Å²) < 4.78 is 14.1. The first-order valence-corrected chi connectivity index (χ1v) is 12.8. The molecule has 7 nitrogen and oxygen atoms in total. The fraction of sp³-hybridized carbons (Fsp3) is 0.125. The van der Waals surface area contributed by atoms with E-state index in [1.165, 1.54) is 0 Å². The number of alkyl halides is 1. The normalized spacial score (nSPS) is 15.8. The summed E-state index contributed by atoms with van der Waals surface area (Å²) in [5.41, 5.74) is 3.25. The smallest absolute Gasteiger partial charge is 0.262 e. The zero-order chi connectivity index (χ0) is 28.0. The molecule has 0 bridgehead atoms. The average Bonchev–Trinajstić information content (AvgIpc) is 3.39. The highest BCUT2D eigenvalue weighted by Crippen LogP contribution is 2.36. The van der Waals surface area contributed by atoms with E-state index in [1.54, 1.807) is 97.1 Å². The van der Waals surface area contributed by atoms with Gasteiger partial charge in [-0.3, -0.25) is 29.0 Å². The SMILES string of the molecule is O=C1c2ccccc2C(=O)N1[C@H](CO)c1cccc(-c2ccc3c(c2)C(=O)N([C@H](CF)c2ccccc2)C3=O)c1. The number of carbonyl (C=O) groups is 4. The maximum atomic E-state index is 14.1. The molecule has 0 saturated carbocycles. The Kier molecular flexibility index (Phi) is 6.32. The molecule has 4 aromatic carbocycles. The van der Waals surface area contributed by atoms with Gasteiger partial charge in [0.25, 0.3) is 23.6 Å². The number of rotatable bonds is 7. The lowest BCUT2D eigenvalue weighted by molar-refractivity contribution is 0.0510. The first-order valence-electron chi connectivity index (χ1n) is 12.8. The van der Waals surface area contributed by atoms with E-state index in [9.17, 15) is 28.7 Å². The number of amides is 4. The molecule has 2 aliphatic heterocycles. The number of benzene rings is 4. The van der Waals surface area contributed by atoms with E-state index in [-0.39, 0.29) is 22.3 Å². The van der Waals surface area contributed by atoms with Gasteiger partial charge >= 0.3 is 0 Å². The molecule has 198 valence electrons. The molecule has 0 aliphatic carbocycles. The summed E-state index contributed by atoms with van der Waals surface area (Å²) in [6, 6.07) is 24.9. The average molecular weight is 535 g/mol. The van der Waals surface area contributed by atoms with Crippen molar-refractivity contribution in [3.05, 3.63) is 130 Å². The van der Waals surface area contributed by atoms with E-state index >= 15 is 0 Å². The number of nitrogens with zero attached hydrogens (tertiary/aromatic N) is 2. The van der Waals surface area contributed by atoms with Crippen molar-refractivity contribution >= 4 is 23.6 Å². The Balaban J connectivity index is 1.32. The lowest BCUT2D eigenvalue weighted by atomic mass is 9.96. The molecule has 4 aromatic rings. The van der Waals surface area contributed by atoms with E-state index in [1.807, 2.05) is 0 Å². The van der Waals surface area contributed by atoms with E-state index < -0.39 is 49.0 Å². The molecule has 8 heteroatoms. The van der Waals surface area contributed by atoms with Crippen LogP contribution in [0.4, 0.5) is 4.39 Å². The number of fused-ring (bicyclic) bond motifs is 2. The van der Waals surface area contributed by atoms with Gasteiger partial charge in [0.1, 0.15) is 6.67 Å². The van der Waals surface area contributed by atoms with Gasteiger partial charge < -0.3 is 5.11 Å². The minimum Gasteiger partial charge on any atom is -0.394 e. The van der Waals surface area contributed by atoms with Crippen LogP contribution >= 0.6 is 0 Å². The summed E-state index contributed by atoms with van der Waals surface area (Å²) in [7, 11) is 0. The Labute approximate surface area is 229 Å². The summed E-state index contributed by atoms with van der Waals surface area (Å²) in [6.45, 7) is -1.39. The van der Waals surface area contributed by atoms with Crippen LogP contribution in [0.1, 0.15) is 64.6 Å². The molecule has 0 aromatic heterocycles. The molecule has 2 atom stereocenters. The summed E-state index contributed by atoms with van der Waals surface area (Å²) in [5, 5.41) is 10.2. The third-order valence-electron chi connectivity index (χ3n) is 7.47. The Morgan fingerprint density at radius 1 is 0.550 bits per heavy atom. The summed E-state index contributed by atoms with van der Waals surface area (Å²) in [6.07, 6.45) is 0. The molecule has 0 fully saturated rings. The van der Waals surface area contributed by atoms with Gasteiger partial charge in [0.2, 0.25) is 0 Å². The van der Waals surface area contributed by atoms with Gasteiger partial charge in [0.05, 0.1) is 40.9 Å². The fourth-order valence-corrected chi connectivity index (χ4v) is 5.46. The van der Waals surface area contributed by atoms with Crippen LogP contribution in [-0.2, 0) is 0 Å². The van der Waals surface area contributed by atoms with Crippen LogP contribution in [0.15, 0.2) is 97.1 Å². The predicted octanol–water partition coefficient (Wildman–Crippen LogP) is 4.99. The van der Waals surface area contributed by atoms with Gasteiger partial charge in [-0.25, -0.2) is 4.39 Å². The van der Waals surface area contributed by atoms with Crippen LogP contribution in [0.3, 0.4) is 0 Å². The zero-order valence-corrected chi connectivity index (χ0v) is 21.2. The monoisotopic (exact) mass is 534 g/mol. The second-order valence-electron chi connectivity index (χ2n) is 9.67. The van der Waals surface area contributed by atoms with Crippen LogP contribution in [0.25, 0.3) is 11.1 Å². The number of carbonyl (C=O) groups excluding carboxylic acids is 4. The first-order chi connectivity index (χ1) is 19.4. The number of hydrogen-bond donors (Lipinski definition) is 1. The molecule has 40 heavy (non-hydrogen) atoms. The lowest BCUT2D eigenvalue weighted by Gasteiger charge is -2.25. The third-order valence-corrected chi connectivity index (χ3v) is 7.47. The van der Waals surface area contributed by atoms with Crippen molar-refractivity contribution < 1.29 is 28.7 Å². The van der Waals surface area contributed by atoms with Gasteiger partial charge in [0, 0.05) is 0 Å². The molecule has 0 radical (unpaired) electrons. The summed E-state index contributed by atoms with van der Waals surface area (Å²) >= 11 is 0. The molecule has 6 rings (SSSR count). The van der Waals surface area contributed by atoms with Crippen molar-refractivity contribution in [2.45, 2.75) is 12.1 Å². The molecule has 4 amide bonds. The van der Waals surface area contributed by atoms with Gasteiger partial charge in [-0.1, -0.05) is 66.7 Å². The first kappa shape index (κ1) is 25.3. The number of imide groups is 2. The summed E-state index contributed by atoms with van der Waals surface area (Å²) in [4.78, 5) is 54.6.